The monoisotopic (exact) mass is 282 g/mol. The van der Waals surface area contributed by atoms with Gasteiger partial charge in [0, 0.05) is 19.1 Å². The van der Waals surface area contributed by atoms with E-state index in [0.29, 0.717) is 12.5 Å². The third-order valence-electron chi connectivity index (χ3n) is 3.45. The molecule has 1 aromatic rings. The predicted octanol–water partition coefficient (Wildman–Crippen LogP) is 1.62. The van der Waals surface area contributed by atoms with Gasteiger partial charge in [0.1, 0.15) is 6.33 Å². The Morgan fingerprint density at radius 3 is 3.05 bits per heavy atom. The van der Waals surface area contributed by atoms with Crippen LogP contribution in [-0.4, -0.2) is 41.3 Å². The molecule has 1 aromatic heterocycles. The highest BCUT2D eigenvalue weighted by Gasteiger charge is 2.29. The van der Waals surface area contributed by atoms with Crippen LogP contribution in [0.15, 0.2) is 6.33 Å². The minimum atomic E-state index is -0.538. The average molecular weight is 282 g/mol. The van der Waals surface area contributed by atoms with Crippen LogP contribution in [0.4, 0.5) is 11.5 Å². The first-order chi connectivity index (χ1) is 9.67. The van der Waals surface area contributed by atoms with Crippen molar-refractivity contribution in [2.45, 2.75) is 25.9 Å². The molecule has 1 aliphatic rings. The van der Waals surface area contributed by atoms with Gasteiger partial charge < -0.3 is 14.8 Å². The number of hydrogen-bond donors (Lipinski definition) is 1. The van der Waals surface area contributed by atoms with Crippen LogP contribution in [0.3, 0.4) is 0 Å². The molecule has 0 aliphatic carbocycles. The van der Waals surface area contributed by atoms with Crippen LogP contribution in [0.1, 0.15) is 19.8 Å². The second kappa shape index (κ2) is 6.47. The quantitative estimate of drug-likeness (QED) is 0.625. The molecule has 0 bridgehead atoms. The molecule has 20 heavy (non-hydrogen) atoms. The predicted molar refractivity (Wildman–Crippen MR) is 71.9 cm³/mol. The molecule has 0 spiro atoms. The Balaban J connectivity index is 2.11. The van der Waals surface area contributed by atoms with Crippen molar-refractivity contribution in [1.82, 2.24) is 9.97 Å². The zero-order valence-corrected chi connectivity index (χ0v) is 11.5. The van der Waals surface area contributed by atoms with E-state index in [0.717, 1.165) is 19.4 Å². The molecular weight excluding hydrogens is 264 g/mol. The summed E-state index contributed by atoms with van der Waals surface area (Å²) in [6, 6.07) is 0. The number of nitro groups is 1. The van der Waals surface area contributed by atoms with E-state index in [9.17, 15) is 10.1 Å². The van der Waals surface area contributed by atoms with E-state index in [1.54, 1.807) is 0 Å². The molecule has 2 atom stereocenters. The molecule has 1 fully saturated rings. The van der Waals surface area contributed by atoms with Gasteiger partial charge in [-0.05, 0) is 12.8 Å². The van der Waals surface area contributed by atoms with E-state index < -0.39 is 4.92 Å². The van der Waals surface area contributed by atoms with Crippen LogP contribution in [-0.2, 0) is 4.74 Å². The smallest absolute Gasteiger partial charge is 0.372 e. The third kappa shape index (κ3) is 2.96. The van der Waals surface area contributed by atoms with Gasteiger partial charge in [0.25, 0.3) is 5.88 Å². The first kappa shape index (κ1) is 14.4. The maximum Gasteiger partial charge on any atom is 0.372 e. The molecule has 1 N–H and O–H groups in total. The van der Waals surface area contributed by atoms with Crippen LogP contribution in [0.5, 0.6) is 5.88 Å². The topological polar surface area (TPSA) is 99.4 Å². The van der Waals surface area contributed by atoms with E-state index in [1.165, 1.54) is 13.4 Å². The zero-order valence-electron chi connectivity index (χ0n) is 11.5. The Kier molecular flexibility index (Phi) is 4.67. The molecule has 2 rings (SSSR count). The number of aromatic nitrogens is 2. The summed E-state index contributed by atoms with van der Waals surface area (Å²) < 4.78 is 10.5. The highest BCUT2D eigenvalue weighted by Crippen LogP contribution is 2.31. The summed E-state index contributed by atoms with van der Waals surface area (Å²) in [5, 5.41) is 14.1. The Morgan fingerprint density at radius 2 is 2.40 bits per heavy atom. The molecule has 0 aromatic carbocycles. The van der Waals surface area contributed by atoms with Gasteiger partial charge in [0.2, 0.25) is 5.82 Å². The summed E-state index contributed by atoms with van der Waals surface area (Å²) in [5.74, 6) is 0.478. The Labute approximate surface area is 116 Å². The number of nitrogens with one attached hydrogen (secondary N) is 1. The van der Waals surface area contributed by atoms with Gasteiger partial charge in [0.15, 0.2) is 0 Å². The summed E-state index contributed by atoms with van der Waals surface area (Å²) in [6.07, 6.45) is 3.32. The number of hydrogen-bond acceptors (Lipinski definition) is 7. The Morgan fingerprint density at radius 1 is 1.60 bits per heavy atom. The third-order valence-corrected chi connectivity index (χ3v) is 3.45. The minimum Gasteiger partial charge on any atom is -0.476 e. The van der Waals surface area contributed by atoms with E-state index >= 15 is 0 Å². The second-order valence-corrected chi connectivity index (χ2v) is 4.58. The van der Waals surface area contributed by atoms with Crippen molar-refractivity contribution in [1.29, 1.82) is 0 Å². The van der Waals surface area contributed by atoms with Crippen molar-refractivity contribution in [3.8, 4) is 5.88 Å². The lowest BCUT2D eigenvalue weighted by molar-refractivity contribution is -0.385. The van der Waals surface area contributed by atoms with Crippen LogP contribution in [0.25, 0.3) is 0 Å². The van der Waals surface area contributed by atoms with Gasteiger partial charge in [0.05, 0.1) is 18.1 Å². The molecule has 0 saturated carbocycles. The molecule has 0 amide bonds. The van der Waals surface area contributed by atoms with Crippen LogP contribution in [0, 0.1) is 16.0 Å². The van der Waals surface area contributed by atoms with Crippen molar-refractivity contribution in [2.75, 3.05) is 25.6 Å². The molecule has 110 valence electrons. The maximum atomic E-state index is 11.1. The lowest BCUT2D eigenvalue weighted by Gasteiger charge is -2.17. The van der Waals surface area contributed by atoms with Gasteiger partial charge in [-0.1, -0.05) is 6.92 Å². The number of methoxy groups -OCH3 is 1. The molecule has 2 heterocycles. The van der Waals surface area contributed by atoms with Crippen molar-refractivity contribution >= 4 is 11.5 Å². The van der Waals surface area contributed by atoms with Crippen LogP contribution >= 0.6 is 0 Å². The number of anilines is 1. The van der Waals surface area contributed by atoms with Crippen molar-refractivity contribution < 1.29 is 14.4 Å². The van der Waals surface area contributed by atoms with E-state index in [-0.39, 0.29) is 23.5 Å². The molecular formula is C12H18N4O4. The normalized spacial score (nSPS) is 21.7. The largest absolute Gasteiger partial charge is 0.476 e. The first-order valence-corrected chi connectivity index (χ1v) is 6.56. The Hall–Kier alpha value is -1.96. The standard InChI is InChI=1S/C12H18N4O4/c1-3-9-8(4-5-20-9)6-13-11-10(16(17)18)12(19-2)15-7-14-11/h7-9H,3-6H2,1-2H3,(H,13,14,15). The number of ether oxygens (including phenoxy) is 2. The highest BCUT2D eigenvalue weighted by atomic mass is 16.6. The zero-order chi connectivity index (χ0) is 14.5. The molecule has 1 saturated heterocycles. The Bertz CT molecular complexity index is 483. The fourth-order valence-corrected chi connectivity index (χ4v) is 2.41. The lowest BCUT2D eigenvalue weighted by Crippen LogP contribution is -2.23. The number of nitrogens with zero attached hydrogens (tertiary/aromatic N) is 3. The van der Waals surface area contributed by atoms with E-state index in [4.69, 9.17) is 9.47 Å². The maximum absolute atomic E-state index is 11.1. The molecule has 2 unspecified atom stereocenters. The summed E-state index contributed by atoms with van der Waals surface area (Å²) in [7, 11) is 1.34. The van der Waals surface area contributed by atoms with Gasteiger partial charge >= 0.3 is 5.69 Å². The molecule has 8 heteroatoms. The summed E-state index contributed by atoms with van der Waals surface area (Å²) in [4.78, 5) is 18.2. The van der Waals surface area contributed by atoms with Gasteiger partial charge in [-0.2, -0.15) is 4.98 Å². The molecule has 8 nitrogen and oxygen atoms in total. The fourth-order valence-electron chi connectivity index (χ4n) is 2.41. The second-order valence-electron chi connectivity index (χ2n) is 4.58. The van der Waals surface area contributed by atoms with Gasteiger partial charge in [-0.25, -0.2) is 4.98 Å². The van der Waals surface area contributed by atoms with Crippen LogP contribution < -0.4 is 10.1 Å². The molecule has 0 radical (unpaired) electrons. The highest BCUT2D eigenvalue weighted by molar-refractivity contribution is 5.61. The number of rotatable bonds is 6. The first-order valence-electron chi connectivity index (χ1n) is 6.56. The lowest BCUT2D eigenvalue weighted by atomic mass is 10.00. The SMILES string of the molecule is CCC1OCCC1CNc1ncnc(OC)c1[N+](=O)[O-]. The van der Waals surface area contributed by atoms with E-state index in [2.05, 4.69) is 22.2 Å². The average Bonchev–Trinajstić information content (AvgIpc) is 2.91. The van der Waals surface area contributed by atoms with Gasteiger partial charge in [-0.3, -0.25) is 10.1 Å². The van der Waals surface area contributed by atoms with Crippen molar-refractivity contribution in [3.63, 3.8) is 0 Å². The summed E-state index contributed by atoms with van der Waals surface area (Å²) in [5.41, 5.74) is -0.234. The van der Waals surface area contributed by atoms with Crippen molar-refractivity contribution in [2.24, 2.45) is 5.92 Å². The fraction of sp³-hybridized carbons (Fsp3) is 0.667. The van der Waals surface area contributed by atoms with E-state index in [1.807, 2.05) is 0 Å². The summed E-state index contributed by atoms with van der Waals surface area (Å²) in [6.45, 7) is 3.39. The molecule has 1 aliphatic heterocycles. The van der Waals surface area contributed by atoms with Gasteiger partial charge in [-0.15, -0.1) is 0 Å². The van der Waals surface area contributed by atoms with Crippen molar-refractivity contribution in [3.05, 3.63) is 16.4 Å². The van der Waals surface area contributed by atoms with Crippen LogP contribution in [0.2, 0.25) is 0 Å². The minimum absolute atomic E-state index is 0.0396. The summed E-state index contributed by atoms with van der Waals surface area (Å²) >= 11 is 0.